The van der Waals surface area contributed by atoms with Gasteiger partial charge in [-0.1, -0.05) is 37.3 Å². The van der Waals surface area contributed by atoms with Crippen LogP contribution in [0.25, 0.3) is 0 Å². The molecule has 0 amide bonds. The Bertz CT molecular complexity index is 399. The molecule has 98 valence electrons. The van der Waals surface area contributed by atoms with Crippen molar-refractivity contribution in [3.8, 4) is 0 Å². The van der Waals surface area contributed by atoms with Gasteiger partial charge in [-0.15, -0.1) is 0 Å². The Hall–Kier alpha value is -2.04. The SMILES string of the molecule is CCCN(C(=N)N)C(N)=NCCc1ccccc1. The molecule has 1 aromatic carbocycles. The molecular formula is C13H21N5. The Kier molecular flexibility index (Phi) is 5.70. The standard InChI is InChI=1S/C13H21N5/c1-2-10-18(12(14)15)13(16)17-9-8-11-6-4-3-5-7-11/h3-7H,2,8-10H2,1H3,(H3,14,15)(H2,16,17). The predicted octanol–water partition coefficient (Wildman–Crippen LogP) is 1.15. The van der Waals surface area contributed by atoms with E-state index in [1.54, 1.807) is 0 Å². The van der Waals surface area contributed by atoms with E-state index in [0.29, 0.717) is 19.0 Å². The molecule has 0 spiro atoms. The lowest BCUT2D eigenvalue weighted by Crippen LogP contribution is -2.46. The van der Waals surface area contributed by atoms with Crippen molar-refractivity contribution >= 4 is 11.9 Å². The second-order valence-corrected chi connectivity index (χ2v) is 4.01. The first-order valence-corrected chi connectivity index (χ1v) is 6.10. The minimum absolute atomic E-state index is 0.0576. The minimum Gasteiger partial charge on any atom is -0.370 e. The minimum atomic E-state index is -0.0576. The molecule has 0 aliphatic rings. The largest absolute Gasteiger partial charge is 0.370 e. The Balaban J connectivity index is 2.52. The third-order valence-corrected chi connectivity index (χ3v) is 2.53. The quantitative estimate of drug-likeness (QED) is 0.538. The first-order chi connectivity index (χ1) is 8.65. The summed E-state index contributed by atoms with van der Waals surface area (Å²) in [6.45, 7) is 3.23. The van der Waals surface area contributed by atoms with Crippen molar-refractivity contribution in [3.63, 3.8) is 0 Å². The van der Waals surface area contributed by atoms with Gasteiger partial charge in [-0.3, -0.25) is 15.3 Å². The van der Waals surface area contributed by atoms with Crippen LogP contribution in [0.15, 0.2) is 35.3 Å². The Morgan fingerprint density at radius 3 is 2.50 bits per heavy atom. The fraction of sp³-hybridized carbons (Fsp3) is 0.385. The normalized spacial score (nSPS) is 11.3. The van der Waals surface area contributed by atoms with Crippen LogP contribution in [0.5, 0.6) is 0 Å². The maximum absolute atomic E-state index is 7.43. The lowest BCUT2D eigenvalue weighted by molar-refractivity contribution is 0.575. The van der Waals surface area contributed by atoms with Gasteiger partial charge in [-0.2, -0.15) is 0 Å². The summed E-state index contributed by atoms with van der Waals surface area (Å²) in [5.41, 5.74) is 12.5. The molecule has 5 N–H and O–H groups in total. The Morgan fingerprint density at radius 1 is 1.28 bits per heavy atom. The number of guanidine groups is 2. The fourth-order valence-corrected chi connectivity index (χ4v) is 1.61. The van der Waals surface area contributed by atoms with E-state index >= 15 is 0 Å². The summed E-state index contributed by atoms with van der Waals surface area (Å²) >= 11 is 0. The molecule has 18 heavy (non-hydrogen) atoms. The molecule has 5 nitrogen and oxygen atoms in total. The van der Waals surface area contributed by atoms with Gasteiger partial charge in [-0.25, -0.2) is 0 Å². The molecule has 0 fully saturated rings. The molecule has 0 aliphatic heterocycles. The molecule has 0 heterocycles. The van der Waals surface area contributed by atoms with Crippen molar-refractivity contribution in [1.29, 1.82) is 5.41 Å². The van der Waals surface area contributed by atoms with E-state index in [0.717, 1.165) is 12.8 Å². The van der Waals surface area contributed by atoms with Gasteiger partial charge in [0, 0.05) is 13.1 Å². The lowest BCUT2D eigenvalue weighted by atomic mass is 10.2. The van der Waals surface area contributed by atoms with Gasteiger partial charge in [0.15, 0.2) is 11.9 Å². The number of nitrogens with zero attached hydrogens (tertiary/aromatic N) is 2. The van der Waals surface area contributed by atoms with Crippen LogP contribution < -0.4 is 11.5 Å². The molecule has 0 saturated heterocycles. The van der Waals surface area contributed by atoms with Gasteiger partial charge in [0.1, 0.15) is 0 Å². The van der Waals surface area contributed by atoms with Crippen LogP contribution >= 0.6 is 0 Å². The summed E-state index contributed by atoms with van der Waals surface area (Å²) in [4.78, 5) is 5.78. The summed E-state index contributed by atoms with van der Waals surface area (Å²) in [6.07, 6.45) is 1.70. The van der Waals surface area contributed by atoms with E-state index in [9.17, 15) is 0 Å². The Morgan fingerprint density at radius 2 is 1.94 bits per heavy atom. The lowest BCUT2D eigenvalue weighted by Gasteiger charge is -2.20. The van der Waals surface area contributed by atoms with Crippen LogP contribution in [0, 0.1) is 5.41 Å². The maximum atomic E-state index is 7.43. The molecule has 1 rings (SSSR count). The van der Waals surface area contributed by atoms with E-state index in [2.05, 4.69) is 17.1 Å². The van der Waals surface area contributed by atoms with Crippen LogP contribution in [-0.2, 0) is 6.42 Å². The molecule has 0 radical (unpaired) electrons. The highest BCUT2D eigenvalue weighted by molar-refractivity contribution is 5.95. The number of aliphatic imine (C=N–C) groups is 1. The number of hydrogen-bond donors (Lipinski definition) is 3. The number of rotatable bonds is 5. The average Bonchev–Trinajstić information content (AvgIpc) is 2.36. The topological polar surface area (TPSA) is 91.5 Å². The molecule has 0 atom stereocenters. The van der Waals surface area contributed by atoms with E-state index in [4.69, 9.17) is 16.9 Å². The first kappa shape index (κ1) is 14.0. The first-order valence-electron chi connectivity index (χ1n) is 6.10. The summed E-state index contributed by atoms with van der Waals surface area (Å²) in [5, 5.41) is 7.43. The second-order valence-electron chi connectivity index (χ2n) is 4.01. The molecule has 0 aromatic heterocycles. The van der Waals surface area contributed by atoms with Crippen LogP contribution in [0.3, 0.4) is 0 Å². The van der Waals surface area contributed by atoms with Crippen LogP contribution in [0.4, 0.5) is 0 Å². The highest BCUT2D eigenvalue weighted by atomic mass is 15.3. The highest BCUT2D eigenvalue weighted by Crippen LogP contribution is 2.00. The third-order valence-electron chi connectivity index (χ3n) is 2.53. The van der Waals surface area contributed by atoms with Crippen molar-refractivity contribution in [2.45, 2.75) is 19.8 Å². The molecule has 0 saturated carbocycles. The van der Waals surface area contributed by atoms with Gasteiger partial charge in [0.25, 0.3) is 0 Å². The van der Waals surface area contributed by atoms with Crippen molar-refractivity contribution < 1.29 is 0 Å². The number of nitrogens with one attached hydrogen (secondary N) is 1. The summed E-state index contributed by atoms with van der Waals surface area (Å²) in [5.74, 6) is 0.262. The van der Waals surface area contributed by atoms with Crippen LogP contribution in [0.1, 0.15) is 18.9 Å². The zero-order chi connectivity index (χ0) is 13.4. The molecule has 0 bridgehead atoms. The van der Waals surface area contributed by atoms with Crippen molar-refractivity contribution in [1.82, 2.24) is 4.90 Å². The summed E-state index contributed by atoms with van der Waals surface area (Å²) < 4.78 is 0. The molecule has 0 aliphatic carbocycles. The second kappa shape index (κ2) is 7.32. The zero-order valence-corrected chi connectivity index (χ0v) is 10.8. The number of nitrogens with two attached hydrogens (primary N) is 2. The number of hydrogen-bond acceptors (Lipinski definition) is 2. The van der Waals surface area contributed by atoms with E-state index < -0.39 is 0 Å². The highest BCUT2D eigenvalue weighted by Gasteiger charge is 2.08. The molecule has 1 aromatic rings. The molecule has 5 heteroatoms. The van der Waals surface area contributed by atoms with Crippen molar-refractivity contribution in [2.75, 3.05) is 13.1 Å². The van der Waals surface area contributed by atoms with E-state index in [1.165, 1.54) is 10.5 Å². The molecule has 0 unspecified atom stereocenters. The van der Waals surface area contributed by atoms with Crippen LogP contribution in [-0.4, -0.2) is 29.9 Å². The molecular weight excluding hydrogens is 226 g/mol. The maximum Gasteiger partial charge on any atom is 0.198 e. The predicted molar refractivity (Wildman–Crippen MR) is 75.5 cm³/mol. The summed E-state index contributed by atoms with van der Waals surface area (Å²) in [7, 11) is 0. The van der Waals surface area contributed by atoms with Crippen LogP contribution in [0.2, 0.25) is 0 Å². The van der Waals surface area contributed by atoms with Crippen molar-refractivity contribution in [2.24, 2.45) is 16.5 Å². The van der Waals surface area contributed by atoms with E-state index in [1.807, 2.05) is 25.1 Å². The monoisotopic (exact) mass is 247 g/mol. The van der Waals surface area contributed by atoms with E-state index in [-0.39, 0.29) is 5.96 Å². The van der Waals surface area contributed by atoms with Gasteiger partial charge in [-0.05, 0) is 18.4 Å². The van der Waals surface area contributed by atoms with Gasteiger partial charge in [0.2, 0.25) is 0 Å². The Labute approximate surface area is 108 Å². The fourth-order valence-electron chi connectivity index (χ4n) is 1.61. The third kappa shape index (κ3) is 4.45. The van der Waals surface area contributed by atoms with Gasteiger partial charge < -0.3 is 11.5 Å². The number of benzene rings is 1. The zero-order valence-electron chi connectivity index (χ0n) is 10.8. The summed E-state index contributed by atoms with van der Waals surface area (Å²) in [6, 6.07) is 10.1. The van der Waals surface area contributed by atoms with Gasteiger partial charge >= 0.3 is 0 Å². The van der Waals surface area contributed by atoms with Gasteiger partial charge in [0.05, 0.1) is 0 Å². The average molecular weight is 247 g/mol. The van der Waals surface area contributed by atoms with Crippen molar-refractivity contribution in [3.05, 3.63) is 35.9 Å². The smallest absolute Gasteiger partial charge is 0.198 e.